The third-order valence-corrected chi connectivity index (χ3v) is 6.81. The number of benzene rings is 1. The first-order valence-corrected chi connectivity index (χ1v) is 9.73. The summed E-state index contributed by atoms with van der Waals surface area (Å²) in [5.41, 5.74) is 0.409. The molecule has 5 heteroatoms. The maximum absolute atomic E-state index is 13.2. The molecule has 1 N–H and O–H groups in total. The van der Waals surface area contributed by atoms with Crippen molar-refractivity contribution >= 4 is 9.84 Å². The molecule has 0 aliphatic carbocycles. The van der Waals surface area contributed by atoms with Gasteiger partial charge in [-0.05, 0) is 30.9 Å². The van der Waals surface area contributed by atoms with Crippen LogP contribution in [0.4, 0.5) is 0 Å². The molecule has 0 aromatic heterocycles. The fraction of sp³-hybridized carbons (Fsp3) is 0.667. The molecular weight excluding hydrogens is 312 g/mol. The summed E-state index contributed by atoms with van der Waals surface area (Å²) in [7, 11) is -3.78. The van der Waals surface area contributed by atoms with Gasteiger partial charge in [0.15, 0.2) is 0 Å². The fourth-order valence-electron chi connectivity index (χ4n) is 2.97. The summed E-state index contributed by atoms with van der Waals surface area (Å²) in [5, 5.41) is 10.8. The standard InChI is InChI=1S/C18H28O4S/c1-6-7-8-15-18(22-15,16(19)17(3,4)5)23(20,21)14-11-9-13(2)10-12-14/h9-12,15-16,19H,6-8H2,1-5H3/t15-,16+,18+/m1/s1. The Morgan fingerprint density at radius 1 is 1.26 bits per heavy atom. The van der Waals surface area contributed by atoms with Gasteiger partial charge in [-0.2, -0.15) is 0 Å². The minimum Gasteiger partial charge on any atom is -0.388 e. The van der Waals surface area contributed by atoms with E-state index in [4.69, 9.17) is 4.74 Å². The van der Waals surface area contributed by atoms with Crippen LogP contribution in [0.15, 0.2) is 29.2 Å². The Balaban J connectivity index is 2.45. The van der Waals surface area contributed by atoms with E-state index in [9.17, 15) is 13.5 Å². The van der Waals surface area contributed by atoms with Gasteiger partial charge in [0.05, 0.1) is 4.90 Å². The van der Waals surface area contributed by atoms with E-state index in [1.807, 2.05) is 27.7 Å². The second-order valence-electron chi connectivity index (χ2n) is 7.56. The summed E-state index contributed by atoms with van der Waals surface area (Å²) in [6.07, 6.45) is 0.972. The van der Waals surface area contributed by atoms with Crippen LogP contribution in [-0.2, 0) is 14.6 Å². The Hall–Kier alpha value is -0.910. The van der Waals surface area contributed by atoms with Crippen molar-refractivity contribution in [3.8, 4) is 0 Å². The number of epoxide rings is 1. The van der Waals surface area contributed by atoms with E-state index in [0.717, 1.165) is 18.4 Å². The van der Waals surface area contributed by atoms with Crippen molar-refractivity contribution in [2.45, 2.75) is 75.9 Å². The zero-order valence-electron chi connectivity index (χ0n) is 14.7. The predicted molar refractivity (Wildman–Crippen MR) is 91.0 cm³/mol. The summed E-state index contributed by atoms with van der Waals surface area (Å²) in [6, 6.07) is 6.74. The van der Waals surface area contributed by atoms with Crippen molar-refractivity contribution in [1.82, 2.24) is 0 Å². The van der Waals surface area contributed by atoms with Crippen molar-refractivity contribution in [2.75, 3.05) is 0 Å². The van der Waals surface area contributed by atoms with Gasteiger partial charge in [-0.25, -0.2) is 8.42 Å². The first-order chi connectivity index (χ1) is 10.6. The van der Waals surface area contributed by atoms with Gasteiger partial charge in [0.25, 0.3) is 0 Å². The average molecular weight is 340 g/mol. The van der Waals surface area contributed by atoms with E-state index in [1.54, 1.807) is 24.3 Å². The van der Waals surface area contributed by atoms with E-state index in [2.05, 4.69) is 6.92 Å². The smallest absolute Gasteiger partial charge is 0.226 e. The topological polar surface area (TPSA) is 66.9 Å². The number of hydrogen-bond donors (Lipinski definition) is 1. The Labute approximate surface area is 139 Å². The van der Waals surface area contributed by atoms with Crippen molar-refractivity contribution in [2.24, 2.45) is 5.41 Å². The highest BCUT2D eigenvalue weighted by molar-refractivity contribution is 7.93. The van der Waals surface area contributed by atoms with E-state index in [1.165, 1.54) is 0 Å². The molecule has 1 aromatic rings. The largest absolute Gasteiger partial charge is 0.388 e. The number of rotatable bonds is 6. The van der Waals surface area contributed by atoms with Crippen molar-refractivity contribution < 1.29 is 18.3 Å². The second kappa shape index (κ2) is 6.19. The molecule has 3 atom stereocenters. The number of unbranched alkanes of at least 4 members (excludes halogenated alkanes) is 1. The molecule has 0 unspecified atom stereocenters. The summed E-state index contributed by atoms with van der Waals surface area (Å²) >= 11 is 0. The Morgan fingerprint density at radius 3 is 2.30 bits per heavy atom. The molecule has 1 saturated heterocycles. The second-order valence-corrected chi connectivity index (χ2v) is 9.67. The molecular formula is C18H28O4S. The zero-order chi connectivity index (χ0) is 17.5. The molecule has 0 radical (unpaired) electrons. The summed E-state index contributed by atoms with van der Waals surface area (Å²) < 4.78 is 32.1. The van der Waals surface area contributed by atoms with Gasteiger partial charge in [0.1, 0.15) is 12.2 Å². The molecule has 0 bridgehead atoms. The van der Waals surface area contributed by atoms with Crippen LogP contribution in [0.2, 0.25) is 0 Å². The SMILES string of the molecule is CCCC[C@H]1O[C@]1([C@@H](O)C(C)(C)C)S(=O)(=O)c1ccc(C)cc1. The van der Waals surface area contributed by atoms with Gasteiger partial charge in [0, 0.05) is 0 Å². The van der Waals surface area contributed by atoms with E-state index in [-0.39, 0.29) is 4.90 Å². The predicted octanol–water partition coefficient (Wildman–Crippen LogP) is 3.46. The van der Waals surface area contributed by atoms with E-state index < -0.39 is 32.4 Å². The number of sulfone groups is 1. The third kappa shape index (κ3) is 3.19. The molecule has 23 heavy (non-hydrogen) atoms. The van der Waals surface area contributed by atoms with Crippen molar-refractivity contribution in [3.05, 3.63) is 29.8 Å². The van der Waals surface area contributed by atoms with Crippen LogP contribution in [0.1, 0.15) is 52.5 Å². The fourth-order valence-corrected chi connectivity index (χ4v) is 5.18. The summed E-state index contributed by atoms with van der Waals surface area (Å²) in [4.78, 5) is -1.30. The molecule has 1 heterocycles. The molecule has 0 saturated carbocycles. The maximum Gasteiger partial charge on any atom is 0.226 e. The Kier molecular flexibility index (Phi) is 4.96. The van der Waals surface area contributed by atoms with Crippen LogP contribution < -0.4 is 0 Å². The van der Waals surface area contributed by atoms with Crippen LogP contribution in [0.25, 0.3) is 0 Å². The first-order valence-electron chi connectivity index (χ1n) is 8.24. The maximum atomic E-state index is 13.2. The van der Waals surface area contributed by atoms with Gasteiger partial charge >= 0.3 is 0 Å². The Bertz CT molecular complexity index is 643. The summed E-state index contributed by atoms with van der Waals surface area (Å²) in [5.74, 6) is 0. The van der Waals surface area contributed by atoms with Gasteiger partial charge < -0.3 is 9.84 Å². The van der Waals surface area contributed by atoms with Crippen LogP contribution in [0.5, 0.6) is 0 Å². The van der Waals surface area contributed by atoms with Crippen LogP contribution in [0.3, 0.4) is 0 Å². The number of aliphatic hydroxyl groups excluding tert-OH is 1. The first kappa shape index (κ1) is 18.4. The van der Waals surface area contributed by atoms with E-state index in [0.29, 0.717) is 6.42 Å². The highest BCUT2D eigenvalue weighted by Gasteiger charge is 2.72. The number of hydrogen-bond acceptors (Lipinski definition) is 4. The monoisotopic (exact) mass is 340 g/mol. The molecule has 130 valence electrons. The normalized spacial score (nSPS) is 26.1. The van der Waals surface area contributed by atoms with Crippen LogP contribution in [-0.4, -0.2) is 30.7 Å². The highest BCUT2D eigenvalue weighted by atomic mass is 32.2. The van der Waals surface area contributed by atoms with Crippen LogP contribution >= 0.6 is 0 Å². The van der Waals surface area contributed by atoms with Gasteiger partial charge in [0.2, 0.25) is 14.8 Å². The molecule has 2 rings (SSSR count). The minimum absolute atomic E-state index is 0.213. The van der Waals surface area contributed by atoms with Gasteiger partial charge in [-0.3, -0.25) is 0 Å². The lowest BCUT2D eigenvalue weighted by molar-refractivity contribution is 0.0227. The van der Waals surface area contributed by atoms with E-state index >= 15 is 0 Å². The lowest BCUT2D eigenvalue weighted by atomic mass is 9.85. The number of ether oxygens (including phenoxy) is 1. The van der Waals surface area contributed by atoms with Gasteiger partial charge in [-0.1, -0.05) is 58.2 Å². The molecule has 0 amide bonds. The quantitative estimate of drug-likeness (QED) is 0.805. The number of aryl methyl sites for hydroxylation is 1. The molecule has 1 aliphatic heterocycles. The third-order valence-electron chi connectivity index (χ3n) is 4.49. The molecule has 0 spiro atoms. The Morgan fingerprint density at radius 2 is 1.83 bits per heavy atom. The summed E-state index contributed by atoms with van der Waals surface area (Å²) in [6.45, 7) is 9.47. The lowest BCUT2D eigenvalue weighted by Gasteiger charge is -2.31. The molecule has 1 fully saturated rings. The van der Waals surface area contributed by atoms with Crippen LogP contribution in [0, 0.1) is 12.3 Å². The number of aliphatic hydroxyl groups is 1. The highest BCUT2D eigenvalue weighted by Crippen LogP contribution is 2.53. The van der Waals surface area contributed by atoms with Crippen molar-refractivity contribution in [3.63, 3.8) is 0 Å². The lowest BCUT2D eigenvalue weighted by Crippen LogP contribution is -2.47. The van der Waals surface area contributed by atoms with Gasteiger partial charge in [-0.15, -0.1) is 0 Å². The zero-order valence-corrected chi connectivity index (χ0v) is 15.5. The molecule has 4 nitrogen and oxygen atoms in total. The molecule has 1 aliphatic rings. The average Bonchev–Trinajstić information content (AvgIpc) is 3.20. The molecule has 1 aromatic carbocycles. The minimum atomic E-state index is -3.78. The van der Waals surface area contributed by atoms with Crippen molar-refractivity contribution in [1.29, 1.82) is 0 Å².